The Hall–Kier alpha value is -2.94. The smallest absolute Gasteiger partial charge is 0.269 e. The largest absolute Gasteiger partial charge is 0.365 e. The molecule has 3 N–H and O–H groups in total. The quantitative estimate of drug-likeness (QED) is 0.847. The molecule has 0 saturated carbocycles. The highest BCUT2D eigenvalue weighted by molar-refractivity contribution is 5.90. The maximum atomic E-state index is 10.8. The Morgan fingerprint density at radius 2 is 2.16 bits per heavy atom. The minimum atomic E-state index is -0.610. The van der Waals surface area contributed by atoms with Crippen molar-refractivity contribution in [2.24, 2.45) is 5.73 Å². The molecule has 0 saturated heterocycles. The molecule has 6 nitrogen and oxygen atoms in total. The number of nitrogens with one attached hydrogen (secondary N) is 1. The molecule has 2 rings (SSSR count). The lowest BCUT2D eigenvalue weighted by Crippen LogP contribution is -2.14. The average Bonchev–Trinajstić information content (AvgIpc) is 2.46. The van der Waals surface area contributed by atoms with Gasteiger partial charge >= 0.3 is 0 Å². The van der Waals surface area contributed by atoms with E-state index in [-0.39, 0.29) is 5.69 Å². The third-order valence-corrected chi connectivity index (χ3v) is 2.45. The van der Waals surface area contributed by atoms with E-state index in [0.29, 0.717) is 17.9 Å². The zero-order valence-corrected chi connectivity index (χ0v) is 10.00. The lowest BCUT2D eigenvalue weighted by molar-refractivity contribution is 0.0994. The Labute approximate surface area is 109 Å². The van der Waals surface area contributed by atoms with Crippen molar-refractivity contribution in [2.45, 2.75) is 6.54 Å². The maximum absolute atomic E-state index is 10.8. The third-order valence-electron chi connectivity index (χ3n) is 2.45. The van der Waals surface area contributed by atoms with Crippen molar-refractivity contribution >= 4 is 11.7 Å². The minimum Gasteiger partial charge on any atom is -0.365 e. The zero-order chi connectivity index (χ0) is 13.7. The molecular weight excluding hydrogens is 242 g/mol. The van der Waals surface area contributed by atoms with Gasteiger partial charge in [0.2, 0.25) is 0 Å². The van der Waals surface area contributed by atoms with Crippen LogP contribution in [0.1, 0.15) is 21.6 Å². The van der Waals surface area contributed by atoms with E-state index in [2.05, 4.69) is 21.6 Å². The second-order valence-electron chi connectivity index (χ2n) is 3.83. The molecule has 0 radical (unpaired) electrons. The van der Waals surface area contributed by atoms with E-state index < -0.39 is 5.91 Å². The normalized spacial score (nSPS) is 9.63. The molecule has 2 aromatic rings. The first kappa shape index (κ1) is 12.5. The molecule has 1 aromatic heterocycles. The van der Waals surface area contributed by atoms with Gasteiger partial charge in [-0.1, -0.05) is 12.1 Å². The number of nitrogens with zero attached hydrogens (tertiary/aromatic N) is 3. The highest BCUT2D eigenvalue weighted by atomic mass is 16.1. The van der Waals surface area contributed by atoms with Crippen LogP contribution in [-0.4, -0.2) is 16.1 Å². The molecule has 0 unspecified atom stereocenters. The first-order valence-electron chi connectivity index (χ1n) is 5.55. The first-order chi connectivity index (χ1) is 9.19. The van der Waals surface area contributed by atoms with Gasteiger partial charge in [-0.2, -0.15) is 5.26 Å². The minimum absolute atomic E-state index is 0.122. The van der Waals surface area contributed by atoms with E-state index in [9.17, 15) is 4.79 Å². The number of amides is 1. The molecule has 0 aliphatic heterocycles. The monoisotopic (exact) mass is 253 g/mol. The van der Waals surface area contributed by atoms with Crippen molar-refractivity contribution in [1.29, 1.82) is 5.26 Å². The number of aromatic nitrogens is 2. The van der Waals surface area contributed by atoms with Crippen molar-refractivity contribution in [1.82, 2.24) is 10.2 Å². The second-order valence-corrected chi connectivity index (χ2v) is 3.83. The Kier molecular flexibility index (Phi) is 3.69. The number of benzene rings is 1. The van der Waals surface area contributed by atoms with Gasteiger partial charge in [0, 0.05) is 6.54 Å². The predicted molar refractivity (Wildman–Crippen MR) is 69.0 cm³/mol. The summed E-state index contributed by atoms with van der Waals surface area (Å²) in [6, 6.07) is 12.5. The van der Waals surface area contributed by atoms with E-state index >= 15 is 0 Å². The fraction of sp³-hybridized carbons (Fsp3) is 0.0769. The van der Waals surface area contributed by atoms with Gasteiger partial charge in [0.25, 0.3) is 5.91 Å². The summed E-state index contributed by atoms with van der Waals surface area (Å²) < 4.78 is 0. The summed E-state index contributed by atoms with van der Waals surface area (Å²) in [6.07, 6.45) is 0. The van der Waals surface area contributed by atoms with Crippen LogP contribution in [0.3, 0.4) is 0 Å². The van der Waals surface area contributed by atoms with E-state index in [1.165, 1.54) is 6.07 Å². The van der Waals surface area contributed by atoms with Crippen molar-refractivity contribution in [3.8, 4) is 6.07 Å². The molecule has 94 valence electrons. The third kappa shape index (κ3) is 3.26. The summed E-state index contributed by atoms with van der Waals surface area (Å²) in [5.41, 5.74) is 6.75. The standard InChI is InChI=1S/C13H11N5O/c14-7-9-2-1-3-10(6-9)8-16-12-5-4-11(13(15)19)17-18-12/h1-6H,8H2,(H2,15,19)(H,16,18). The number of carbonyl (C=O) groups excluding carboxylic acids is 1. The molecule has 0 fully saturated rings. The van der Waals surface area contributed by atoms with Crippen LogP contribution >= 0.6 is 0 Å². The molecule has 1 heterocycles. The molecule has 6 heteroatoms. The highest BCUT2D eigenvalue weighted by Gasteiger charge is 2.03. The van der Waals surface area contributed by atoms with Gasteiger partial charge in [0.15, 0.2) is 5.69 Å². The van der Waals surface area contributed by atoms with Gasteiger partial charge in [-0.15, -0.1) is 10.2 Å². The molecular formula is C13H11N5O. The number of nitriles is 1. The van der Waals surface area contributed by atoms with E-state index in [0.717, 1.165) is 5.56 Å². The number of hydrogen-bond donors (Lipinski definition) is 2. The molecule has 1 aromatic carbocycles. The van der Waals surface area contributed by atoms with Crippen LogP contribution in [0.15, 0.2) is 36.4 Å². The SMILES string of the molecule is N#Cc1cccc(CNc2ccc(C(N)=O)nn2)c1. The Morgan fingerprint density at radius 3 is 2.79 bits per heavy atom. The summed E-state index contributed by atoms with van der Waals surface area (Å²) in [6.45, 7) is 0.514. The van der Waals surface area contributed by atoms with Crippen LogP contribution in [0.2, 0.25) is 0 Å². The first-order valence-corrected chi connectivity index (χ1v) is 5.55. The van der Waals surface area contributed by atoms with Crippen molar-refractivity contribution in [3.05, 3.63) is 53.2 Å². The fourth-order valence-electron chi connectivity index (χ4n) is 1.50. The van der Waals surface area contributed by atoms with Crippen LogP contribution in [0, 0.1) is 11.3 Å². The average molecular weight is 253 g/mol. The molecule has 0 atom stereocenters. The van der Waals surface area contributed by atoms with Crippen molar-refractivity contribution in [3.63, 3.8) is 0 Å². The Balaban J connectivity index is 2.02. The van der Waals surface area contributed by atoms with Crippen LogP contribution in [0.25, 0.3) is 0 Å². The van der Waals surface area contributed by atoms with Gasteiger partial charge in [0.1, 0.15) is 5.82 Å². The summed E-state index contributed by atoms with van der Waals surface area (Å²) in [4.78, 5) is 10.8. The summed E-state index contributed by atoms with van der Waals surface area (Å²) in [5.74, 6) is -0.0758. The summed E-state index contributed by atoms with van der Waals surface area (Å²) in [5, 5.41) is 19.4. The van der Waals surface area contributed by atoms with Crippen LogP contribution in [0.5, 0.6) is 0 Å². The zero-order valence-electron chi connectivity index (χ0n) is 10.00. The Morgan fingerprint density at radius 1 is 1.32 bits per heavy atom. The summed E-state index contributed by atoms with van der Waals surface area (Å²) >= 11 is 0. The molecule has 0 aliphatic carbocycles. The van der Waals surface area contributed by atoms with Gasteiger partial charge in [-0.3, -0.25) is 4.79 Å². The van der Waals surface area contributed by atoms with Gasteiger partial charge in [0.05, 0.1) is 11.6 Å². The molecule has 0 bridgehead atoms. The highest BCUT2D eigenvalue weighted by Crippen LogP contribution is 2.08. The van der Waals surface area contributed by atoms with Gasteiger partial charge in [-0.25, -0.2) is 0 Å². The molecule has 0 spiro atoms. The number of primary amides is 1. The number of hydrogen-bond acceptors (Lipinski definition) is 5. The van der Waals surface area contributed by atoms with Crippen molar-refractivity contribution in [2.75, 3.05) is 5.32 Å². The van der Waals surface area contributed by atoms with Gasteiger partial charge < -0.3 is 11.1 Å². The van der Waals surface area contributed by atoms with Crippen LogP contribution in [-0.2, 0) is 6.54 Å². The van der Waals surface area contributed by atoms with E-state index in [1.807, 2.05) is 12.1 Å². The van der Waals surface area contributed by atoms with Gasteiger partial charge in [-0.05, 0) is 29.8 Å². The van der Waals surface area contributed by atoms with Crippen LogP contribution < -0.4 is 11.1 Å². The topological polar surface area (TPSA) is 105 Å². The van der Waals surface area contributed by atoms with E-state index in [4.69, 9.17) is 11.0 Å². The molecule has 0 aliphatic rings. The molecule has 1 amide bonds. The number of carbonyl (C=O) groups is 1. The lowest BCUT2D eigenvalue weighted by Gasteiger charge is -2.05. The lowest BCUT2D eigenvalue weighted by atomic mass is 10.1. The maximum Gasteiger partial charge on any atom is 0.269 e. The number of anilines is 1. The molecule has 19 heavy (non-hydrogen) atoms. The second kappa shape index (κ2) is 5.60. The number of rotatable bonds is 4. The predicted octanol–water partition coefficient (Wildman–Crippen LogP) is 1.06. The number of nitrogens with two attached hydrogens (primary N) is 1. The van der Waals surface area contributed by atoms with Crippen LogP contribution in [0.4, 0.5) is 5.82 Å². The van der Waals surface area contributed by atoms with E-state index in [1.54, 1.807) is 18.2 Å². The fourth-order valence-corrected chi connectivity index (χ4v) is 1.50. The van der Waals surface area contributed by atoms with Crippen molar-refractivity contribution < 1.29 is 4.79 Å². The summed E-state index contributed by atoms with van der Waals surface area (Å²) in [7, 11) is 0. The Bertz CT molecular complexity index is 630.